The van der Waals surface area contributed by atoms with Gasteiger partial charge in [-0.15, -0.1) is 0 Å². The Morgan fingerprint density at radius 1 is 1.21 bits per heavy atom. The van der Waals surface area contributed by atoms with Crippen molar-refractivity contribution >= 4 is 5.69 Å². The molecular weight excluding hydrogens is 232 g/mol. The summed E-state index contributed by atoms with van der Waals surface area (Å²) in [5, 5.41) is 3.48. The summed E-state index contributed by atoms with van der Waals surface area (Å²) in [5.41, 5.74) is 2.70. The lowest BCUT2D eigenvalue weighted by Gasteiger charge is -2.30. The van der Waals surface area contributed by atoms with Crippen LogP contribution < -0.4 is 10.2 Å². The second-order valence-corrected chi connectivity index (χ2v) is 5.37. The maximum Gasteiger partial charge on any atom is 0.0371 e. The second-order valence-electron chi connectivity index (χ2n) is 5.37. The lowest BCUT2D eigenvalue weighted by Crippen LogP contribution is -2.33. The highest BCUT2D eigenvalue weighted by Crippen LogP contribution is 2.20. The first-order chi connectivity index (χ1) is 9.19. The van der Waals surface area contributed by atoms with Crippen molar-refractivity contribution in [1.29, 1.82) is 0 Å². The molecule has 0 radical (unpaired) electrons. The molecule has 0 aliphatic heterocycles. The van der Waals surface area contributed by atoms with Gasteiger partial charge in [0.1, 0.15) is 0 Å². The maximum absolute atomic E-state index is 3.48. The minimum atomic E-state index is 0.607. The third-order valence-electron chi connectivity index (χ3n) is 3.61. The Morgan fingerprint density at radius 2 is 2.00 bits per heavy atom. The van der Waals surface area contributed by atoms with Gasteiger partial charge in [-0.2, -0.15) is 0 Å². The van der Waals surface area contributed by atoms with Crippen LogP contribution in [0.25, 0.3) is 0 Å². The van der Waals surface area contributed by atoms with E-state index in [1.807, 2.05) is 0 Å². The van der Waals surface area contributed by atoms with Crippen LogP contribution in [0.1, 0.15) is 45.6 Å². The molecule has 1 rings (SSSR count). The summed E-state index contributed by atoms with van der Waals surface area (Å²) >= 11 is 0. The molecule has 0 amide bonds. The summed E-state index contributed by atoms with van der Waals surface area (Å²) < 4.78 is 0. The third kappa shape index (κ3) is 5.65. The van der Waals surface area contributed by atoms with E-state index in [-0.39, 0.29) is 0 Å². The van der Waals surface area contributed by atoms with Gasteiger partial charge in [-0.05, 0) is 70.8 Å². The van der Waals surface area contributed by atoms with Gasteiger partial charge in [0.05, 0.1) is 0 Å². The number of nitrogens with zero attached hydrogens (tertiary/aromatic N) is 1. The molecule has 19 heavy (non-hydrogen) atoms. The van der Waals surface area contributed by atoms with Gasteiger partial charge in [-0.3, -0.25) is 0 Å². The molecule has 1 N–H and O–H groups in total. The molecule has 1 aromatic carbocycles. The van der Waals surface area contributed by atoms with E-state index in [0.717, 1.165) is 19.6 Å². The van der Waals surface area contributed by atoms with E-state index in [1.165, 1.54) is 30.5 Å². The number of anilines is 1. The van der Waals surface area contributed by atoms with Gasteiger partial charge in [-0.25, -0.2) is 0 Å². The molecule has 0 spiro atoms. The maximum atomic E-state index is 3.48. The standard InChI is InChI=1S/C17H30N2/c1-5-12-18-13-8-10-16(4)19(6-2)17-11-7-9-15(3)14-17/h7,9,11,14,16,18H,5-6,8,10,12-13H2,1-4H3. The lowest BCUT2D eigenvalue weighted by molar-refractivity contribution is 0.544. The fourth-order valence-corrected chi connectivity index (χ4v) is 2.54. The molecule has 0 aliphatic rings. The molecule has 0 aliphatic carbocycles. The second kappa shape index (κ2) is 8.98. The van der Waals surface area contributed by atoms with Crippen LogP contribution in [-0.2, 0) is 0 Å². The van der Waals surface area contributed by atoms with Crippen LogP contribution in [0.4, 0.5) is 5.69 Å². The number of benzene rings is 1. The molecule has 0 bridgehead atoms. The van der Waals surface area contributed by atoms with Gasteiger partial charge in [0.2, 0.25) is 0 Å². The highest BCUT2D eigenvalue weighted by molar-refractivity contribution is 5.49. The Morgan fingerprint density at radius 3 is 2.63 bits per heavy atom. The average Bonchev–Trinajstić information content (AvgIpc) is 2.39. The minimum absolute atomic E-state index is 0.607. The number of nitrogens with one attached hydrogen (secondary N) is 1. The zero-order valence-corrected chi connectivity index (χ0v) is 13.1. The van der Waals surface area contributed by atoms with Crippen LogP contribution in [0.3, 0.4) is 0 Å². The van der Waals surface area contributed by atoms with Crippen molar-refractivity contribution < 1.29 is 0 Å². The van der Waals surface area contributed by atoms with Crippen LogP contribution in [-0.4, -0.2) is 25.7 Å². The molecule has 0 heterocycles. The van der Waals surface area contributed by atoms with E-state index in [0.29, 0.717) is 6.04 Å². The number of aryl methyl sites for hydroxylation is 1. The van der Waals surface area contributed by atoms with Gasteiger partial charge in [0, 0.05) is 18.3 Å². The number of hydrogen-bond donors (Lipinski definition) is 1. The van der Waals surface area contributed by atoms with Gasteiger partial charge < -0.3 is 10.2 Å². The Bertz CT molecular complexity index is 349. The fraction of sp³-hybridized carbons (Fsp3) is 0.647. The quantitative estimate of drug-likeness (QED) is 0.677. The molecular formula is C17H30N2. The molecule has 108 valence electrons. The Labute approximate surface area is 119 Å². The molecule has 0 fully saturated rings. The molecule has 1 unspecified atom stereocenters. The van der Waals surface area contributed by atoms with Crippen molar-refractivity contribution in [2.24, 2.45) is 0 Å². The van der Waals surface area contributed by atoms with Gasteiger partial charge in [0.15, 0.2) is 0 Å². The SMILES string of the molecule is CCCNCCCC(C)N(CC)c1cccc(C)c1. The van der Waals surface area contributed by atoms with E-state index in [9.17, 15) is 0 Å². The molecule has 2 heteroatoms. The van der Waals surface area contributed by atoms with Crippen LogP contribution in [0.2, 0.25) is 0 Å². The first kappa shape index (κ1) is 16.0. The topological polar surface area (TPSA) is 15.3 Å². The Kier molecular flexibility index (Phi) is 7.57. The van der Waals surface area contributed by atoms with Crippen molar-refractivity contribution in [3.05, 3.63) is 29.8 Å². The Balaban J connectivity index is 2.45. The van der Waals surface area contributed by atoms with Crippen LogP contribution >= 0.6 is 0 Å². The van der Waals surface area contributed by atoms with Crippen LogP contribution in [0.15, 0.2) is 24.3 Å². The normalized spacial score (nSPS) is 12.4. The summed E-state index contributed by atoms with van der Waals surface area (Å²) in [5.74, 6) is 0. The molecule has 0 aromatic heterocycles. The summed E-state index contributed by atoms with van der Waals surface area (Å²) in [4.78, 5) is 2.51. The van der Waals surface area contributed by atoms with Crippen molar-refractivity contribution in [1.82, 2.24) is 5.32 Å². The third-order valence-corrected chi connectivity index (χ3v) is 3.61. The monoisotopic (exact) mass is 262 g/mol. The zero-order chi connectivity index (χ0) is 14.1. The smallest absolute Gasteiger partial charge is 0.0371 e. The summed E-state index contributed by atoms with van der Waals surface area (Å²) in [6.45, 7) is 12.3. The number of rotatable bonds is 9. The average molecular weight is 262 g/mol. The highest BCUT2D eigenvalue weighted by Gasteiger charge is 2.12. The van der Waals surface area contributed by atoms with Crippen molar-refractivity contribution in [2.45, 2.75) is 53.0 Å². The van der Waals surface area contributed by atoms with Crippen molar-refractivity contribution in [3.8, 4) is 0 Å². The predicted molar refractivity (Wildman–Crippen MR) is 86.1 cm³/mol. The zero-order valence-electron chi connectivity index (χ0n) is 13.1. The lowest BCUT2D eigenvalue weighted by atomic mass is 10.1. The van der Waals surface area contributed by atoms with Gasteiger partial charge in [0.25, 0.3) is 0 Å². The molecule has 2 nitrogen and oxygen atoms in total. The van der Waals surface area contributed by atoms with E-state index in [1.54, 1.807) is 0 Å². The summed E-state index contributed by atoms with van der Waals surface area (Å²) in [6.07, 6.45) is 3.72. The summed E-state index contributed by atoms with van der Waals surface area (Å²) in [7, 11) is 0. The molecule has 1 aromatic rings. The van der Waals surface area contributed by atoms with E-state index in [4.69, 9.17) is 0 Å². The molecule has 0 saturated carbocycles. The largest absolute Gasteiger partial charge is 0.369 e. The highest BCUT2D eigenvalue weighted by atomic mass is 15.1. The predicted octanol–water partition coefficient (Wildman–Crippen LogP) is 3.99. The first-order valence-electron chi connectivity index (χ1n) is 7.73. The van der Waals surface area contributed by atoms with Crippen molar-refractivity contribution in [2.75, 3.05) is 24.5 Å². The summed E-state index contributed by atoms with van der Waals surface area (Å²) in [6, 6.07) is 9.44. The van der Waals surface area contributed by atoms with Crippen LogP contribution in [0.5, 0.6) is 0 Å². The van der Waals surface area contributed by atoms with E-state index in [2.05, 4.69) is 62.2 Å². The first-order valence-corrected chi connectivity index (χ1v) is 7.73. The van der Waals surface area contributed by atoms with E-state index < -0.39 is 0 Å². The van der Waals surface area contributed by atoms with E-state index >= 15 is 0 Å². The molecule has 1 atom stereocenters. The van der Waals surface area contributed by atoms with Gasteiger partial charge >= 0.3 is 0 Å². The van der Waals surface area contributed by atoms with Crippen LogP contribution in [0, 0.1) is 6.92 Å². The fourth-order valence-electron chi connectivity index (χ4n) is 2.54. The van der Waals surface area contributed by atoms with Gasteiger partial charge in [-0.1, -0.05) is 19.1 Å². The van der Waals surface area contributed by atoms with Crippen molar-refractivity contribution in [3.63, 3.8) is 0 Å². The minimum Gasteiger partial charge on any atom is -0.369 e. The Hall–Kier alpha value is -1.02. The number of hydrogen-bond acceptors (Lipinski definition) is 2. The molecule has 0 saturated heterocycles.